The summed E-state index contributed by atoms with van der Waals surface area (Å²) in [6, 6.07) is -0.541. The molecule has 0 heterocycles. The summed E-state index contributed by atoms with van der Waals surface area (Å²) in [5.41, 5.74) is 0. The second kappa shape index (κ2) is 84.5. The number of ether oxygens (including phenoxy) is 1. The van der Waals surface area contributed by atoms with Gasteiger partial charge in [0.05, 0.1) is 25.4 Å². The van der Waals surface area contributed by atoms with Crippen molar-refractivity contribution in [3.05, 3.63) is 36.5 Å². The number of amides is 1. The molecule has 562 valence electrons. The van der Waals surface area contributed by atoms with Gasteiger partial charge in [0, 0.05) is 12.8 Å². The molecule has 0 aliphatic rings. The van der Waals surface area contributed by atoms with Crippen LogP contribution in [0.1, 0.15) is 495 Å². The fraction of sp³-hybridized carbons (Fsp3) is 0.910. The minimum Gasteiger partial charge on any atom is -0.466 e. The lowest BCUT2D eigenvalue weighted by Gasteiger charge is -2.22. The van der Waals surface area contributed by atoms with Crippen molar-refractivity contribution in [2.45, 2.75) is 508 Å². The molecule has 95 heavy (non-hydrogen) atoms. The molecule has 0 aromatic carbocycles. The van der Waals surface area contributed by atoms with Crippen molar-refractivity contribution in [3.63, 3.8) is 0 Å². The van der Waals surface area contributed by atoms with Gasteiger partial charge in [-0.15, -0.1) is 0 Å². The van der Waals surface area contributed by atoms with Crippen molar-refractivity contribution in [2.75, 3.05) is 13.2 Å². The Labute approximate surface area is 595 Å². The van der Waals surface area contributed by atoms with Crippen LogP contribution in [-0.4, -0.2) is 47.4 Å². The van der Waals surface area contributed by atoms with Crippen LogP contribution in [0.3, 0.4) is 0 Å². The molecular formula is C89H171NO5. The van der Waals surface area contributed by atoms with Crippen molar-refractivity contribution < 1.29 is 24.5 Å². The molecular weight excluding hydrogens is 1160 g/mol. The Bertz CT molecular complexity index is 1540. The first-order chi connectivity index (χ1) is 47.0. The molecule has 0 aliphatic carbocycles. The fourth-order valence-electron chi connectivity index (χ4n) is 14.0. The van der Waals surface area contributed by atoms with Crippen molar-refractivity contribution in [2.24, 2.45) is 0 Å². The number of aliphatic hydroxyl groups excluding tert-OH is 2. The van der Waals surface area contributed by atoms with E-state index in [1.54, 1.807) is 0 Å². The highest BCUT2D eigenvalue weighted by Gasteiger charge is 2.20. The number of hydrogen-bond acceptors (Lipinski definition) is 5. The predicted molar refractivity (Wildman–Crippen MR) is 421 cm³/mol. The molecule has 0 radical (unpaired) electrons. The topological polar surface area (TPSA) is 95.9 Å². The van der Waals surface area contributed by atoms with Crippen LogP contribution < -0.4 is 5.32 Å². The molecule has 2 atom stereocenters. The maximum atomic E-state index is 12.6. The quantitative estimate of drug-likeness (QED) is 0.0320. The molecule has 0 saturated heterocycles. The normalized spacial score (nSPS) is 12.6. The number of esters is 1. The molecule has 0 aromatic heterocycles. The number of aliphatic hydroxyl groups is 2. The van der Waals surface area contributed by atoms with E-state index >= 15 is 0 Å². The van der Waals surface area contributed by atoms with Gasteiger partial charge < -0.3 is 20.3 Å². The maximum absolute atomic E-state index is 12.6. The second-order valence-corrected chi connectivity index (χ2v) is 30.2. The first kappa shape index (κ1) is 93.1. The lowest BCUT2D eigenvalue weighted by atomic mass is 10.0. The van der Waals surface area contributed by atoms with Gasteiger partial charge >= 0.3 is 5.97 Å². The standard InChI is InChI=1S/C89H171NO5/c1-3-5-7-9-11-13-15-17-19-21-22-23-43-46-50-53-57-61-65-69-73-77-81-87(92)86(85-91)90-88(93)82-78-74-70-66-62-58-54-51-47-44-41-39-37-35-33-31-29-27-25-24-26-28-30-32-34-36-38-40-42-45-48-52-56-60-64-68-72-76-80-84-95-89(94)83-79-75-71-67-63-59-55-49-20-18-16-14-12-10-8-6-4-2/h18,20,24-25,28,30,86-87,91-92H,3-17,19,21-23,26-27,29,31-85H2,1-2H3,(H,90,93)/b20-18-,25-24-,30-28-. The summed E-state index contributed by atoms with van der Waals surface area (Å²) in [4.78, 5) is 24.7. The van der Waals surface area contributed by atoms with E-state index in [-0.39, 0.29) is 18.5 Å². The van der Waals surface area contributed by atoms with Crippen LogP contribution in [-0.2, 0) is 14.3 Å². The van der Waals surface area contributed by atoms with E-state index in [9.17, 15) is 19.8 Å². The zero-order valence-corrected chi connectivity index (χ0v) is 64.7. The molecule has 6 heteroatoms. The third-order valence-corrected chi connectivity index (χ3v) is 20.7. The maximum Gasteiger partial charge on any atom is 0.305 e. The number of hydrogen-bond donors (Lipinski definition) is 3. The van der Waals surface area contributed by atoms with E-state index in [1.807, 2.05) is 0 Å². The number of nitrogens with one attached hydrogen (secondary N) is 1. The average Bonchev–Trinajstić information content (AvgIpc) is 3.51. The smallest absolute Gasteiger partial charge is 0.305 e. The van der Waals surface area contributed by atoms with Gasteiger partial charge in [0.25, 0.3) is 0 Å². The summed E-state index contributed by atoms with van der Waals surface area (Å²) in [5, 5.41) is 23.5. The van der Waals surface area contributed by atoms with Crippen molar-refractivity contribution >= 4 is 11.9 Å². The molecule has 2 unspecified atom stereocenters. The SMILES string of the molecule is CCCCCCCC/C=C\CCCCCCCCCC(=O)OCCCCCCCCCCCCCCCCC/C=C\C/C=C\CCCCCCCCCCCCCCCCCCCC(=O)NC(CO)C(O)CCCCCCCCCCCCCCCCCCCCCCCC. The summed E-state index contributed by atoms with van der Waals surface area (Å²) >= 11 is 0. The Balaban J connectivity index is 3.35. The van der Waals surface area contributed by atoms with Gasteiger partial charge in [0.2, 0.25) is 5.91 Å². The van der Waals surface area contributed by atoms with E-state index in [0.717, 1.165) is 51.4 Å². The van der Waals surface area contributed by atoms with E-state index < -0.39 is 12.1 Å². The minimum atomic E-state index is -0.664. The van der Waals surface area contributed by atoms with Crippen LogP contribution in [0.4, 0.5) is 0 Å². The predicted octanol–water partition coefficient (Wildman–Crippen LogP) is 29.3. The van der Waals surface area contributed by atoms with E-state index in [4.69, 9.17) is 4.74 Å². The Hall–Kier alpha value is -1.92. The number of carbonyl (C=O) groups excluding carboxylic acids is 2. The third-order valence-electron chi connectivity index (χ3n) is 20.7. The molecule has 0 bridgehead atoms. The summed E-state index contributed by atoms with van der Waals surface area (Å²) < 4.78 is 5.51. The molecule has 3 N–H and O–H groups in total. The third kappa shape index (κ3) is 80.9. The monoisotopic (exact) mass is 1330 g/mol. The summed E-state index contributed by atoms with van der Waals surface area (Å²) in [6.45, 7) is 5.01. The zero-order chi connectivity index (χ0) is 68.4. The number of carbonyl (C=O) groups is 2. The van der Waals surface area contributed by atoms with E-state index in [0.29, 0.717) is 25.9 Å². The lowest BCUT2D eigenvalue weighted by Crippen LogP contribution is -2.45. The molecule has 0 fully saturated rings. The van der Waals surface area contributed by atoms with Gasteiger partial charge in [-0.3, -0.25) is 9.59 Å². The van der Waals surface area contributed by atoms with Crippen LogP contribution in [0.5, 0.6) is 0 Å². The van der Waals surface area contributed by atoms with Gasteiger partial charge in [-0.25, -0.2) is 0 Å². The molecule has 0 rings (SSSR count). The summed E-state index contributed by atoms with van der Waals surface area (Å²) in [5.74, 6) is -0.00826. The van der Waals surface area contributed by atoms with Gasteiger partial charge in [0.1, 0.15) is 0 Å². The molecule has 0 aliphatic heterocycles. The van der Waals surface area contributed by atoms with Gasteiger partial charge in [-0.05, 0) is 83.5 Å². The number of allylic oxidation sites excluding steroid dienone is 6. The lowest BCUT2D eigenvalue weighted by molar-refractivity contribution is -0.143. The number of rotatable bonds is 83. The Morgan fingerprint density at radius 1 is 0.295 bits per heavy atom. The van der Waals surface area contributed by atoms with Crippen molar-refractivity contribution in [1.82, 2.24) is 5.32 Å². The Morgan fingerprint density at radius 2 is 0.526 bits per heavy atom. The van der Waals surface area contributed by atoms with E-state index in [1.165, 1.54) is 411 Å². The molecule has 6 nitrogen and oxygen atoms in total. The van der Waals surface area contributed by atoms with Crippen molar-refractivity contribution in [1.29, 1.82) is 0 Å². The van der Waals surface area contributed by atoms with Crippen LogP contribution in [0.25, 0.3) is 0 Å². The molecule has 1 amide bonds. The average molecular weight is 1340 g/mol. The second-order valence-electron chi connectivity index (χ2n) is 30.2. The first-order valence-corrected chi connectivity index (χ1v) is 43.7. The zero-order valence-electron chi connectivity index (χ0n) is 64.7. The van der Waals surface area contributed by atoms with Gasteiger partial charge in [0.15, 0.2) is 0 Å². The fourth-order valence-corrected chi connectivity index (χ4v) is 14.0. The number of unbranched alkanes of at least 4 members (excludes halogenated alkanes) is 66. The van der Waals surface area contributed by atoms with Crippen molar-refractivity contribution in [3.8, 4) is 0 Å². The highest BCUT2D eigenvalue weighted by molar-refractivity contribution is 5.76. The van der Waals surface area contributed by atoms with Gasteiger partial charge in [-0.2, -0.15) is 0 Å². The summed E-state index contributed by atoms with van der Waals surface area (Å²) in [6.07, 6.45) is 111. The molecule has 0 aromatic rings. The Kier molecular flexibility index (Phi) is 82.8. The van der Waals surface area contributed by atoms with E-state index in [2.05, 4.69) is 55.6 Å². The van der Waals surface area contributed by atoms with Crippen LogP contribution in [0.2, 0.25) is 0 Å². The largest absolute Gasteiger partial charge is 0.466 e. The Morgan fingerprint density at radius 3 is 0.811 bits per heavy atom. The highest BCUT2D eigenvalue weighted by Crippen LogP contribution is 2.21. The minimum absolute atomic E-state index is 0.0180. The van der Waals surface area contributed by atoms with Gasteiger partial charge in [-0.1, -0.05) is 436 Å². The summed E-state index contributed by atoms with van der Waals surface area (Å²) in [7, 11) is 0. The molecule has 0 spiro atoms. The van der Waals surface area contributed by atoms with Crippen LogP contribution >= 0.6 is 0 Å². The molecule has 0 saturated carbocycles. The van der Waals surface area contributed by atoms with Crippen LogP contribution in [0, 0.1) is 0 Å². The highest BCUT2D eigenvalue weighted by atomic mass is 16.5. The van der Waals surface area contributed by atoms with Crippen LogP contribution in [0.15, 0.2) is 36.5 Å². The first-order valence-electron chi connectivity index (χ1n) is 43.7.